The van der Waals surface area contributed by atoms with Crippen LogP contribution in [0, 0.1) is 0 Å². The molecule has 6 heteroatoms. The van der Waals surface area contributed by atoms with Gasteiger partial charge in [0.1, 0.15) is 0 Å². The van der Waals surface area contributed by atoms with Crippen molar-refractivity contribution < 1.29 is 14.0 Å². The van der Waals surface area contributed by atoms with Gasteiger partial charge in [0.15, 0.2) is 0 Å². The predicted molar refractivity (Wildman–Crippen MR) is 49.6 cm³/mol. The van der Waals surface area contributed by atoms with Gasteiger partial charge >= 0.3 is 8.25 Å². The van der Waals surface area contributed by atoms with Gasteiger partial charge in [0, 0.05) is 9.04 Å². The van der Waals surface area contributed by atoms with Crippen LogP contribution in [-0.4, -0.2) is 4.89 Å². The summed E-state index contributed by atoms with van der Waals surface area (Å²) >= 11 is 8.87. The van der Waals surface area contributed by atoms with Gasteiger partial charge in [0.25, 0.3) is 0 Å². The Morgan fingerprint density at radius 3 is 2.75 bits per heavy atom. The third-order valence-corrected chi connectivity index (χ3v) is 2.21. The second-order valence-corrected chi connectivity index (χ2v) is 3.88. The average Bonchev–Trinajstić information content (AvgIpc) is 1.94. The molecule has 0 fully saturated rings. The molecule has 1 unspecified atom stereocenters. The molecule has 1 aromatic rings. The van der Waals surface area contributed by atoms with Crippen molar-refractivity contribution in [3.63, 3.8) is 0 Å². The van der Waals surface area contributed by atoms with Gasteiger partial charge in [-0.05, 0) is 18.2 Å². The number of hydrogen-bond donors (Lipinski definition) is 1. The van der Waals surface area contributed by atoms with Gasteiger partial charge in [-0.25, -0.2) is 4.52 Å². The Morgan fingerprint density at radius 1 is 1.58 bits per heavy atom. The molecule has 0 bridgehead atoms. The number of hydrogen-bond acceptors (Lipinski definition) is 2. The molecule has 1 rings (SSSR count). The molecular formula is C6H4BrClO3P+. The summed E-state index contributed by atoms with van der Waals surface area (Å²) in [6, 6.07) is 4.76. The summed E-state index contributed by atoms with van der Waals surface area (Å²) in [5, 5.41) is 0.293. The fourth-order valence-corrected chi connectivity index (χ4v) is 1.73. The Labute approximate surface area is 83.4 Å². The van der Waals surface area contributed by atoms with Crippen LogP contribution in [0.15, 0.2) is 22.7 Å². The van der Waals surface area contributed by atoms with Gasteiger partial charge in [-0.15, -0.1) is 4.89 Å². The predicted octanol–water partition coefficient (Wildman–Crippen LogP) is 3.13. The first-order valence-electron chi connectivity index (χ1n) is 2.89. The Bertz CT molecular complexity index is 318. The van der Waals surface area contributed by atoms with Crippen molar-refractivity contribution in [1.82, 2.24) is 0 Å². The maximum Gasteiger partial charge on any atom is 0.747 e. The maximum atomic E-state index is 10.3. The average molecular weight is 270 g/mol. The van der Waals surface area contributed by atoms with Crippen LogP contribution in [0.5, 0.6) is 5.75 Å². The number of benzene rings is 1. The minimum Gasteiger partial charge on any atom is -0.228 e. The molecule has 0 aliphatic carbocycles. The van der Waals surface area contributed by atoms with E-state index in [2.05, 4.69) is 20.5 Å². The largest absolute Gasteiger partial charge is 0.747 e. The molecule has 0 aliphatic heterocycles. The Hall–Kier alpha value is -0.150. The molecular weight excluding hydrogens is 266 g/mol. The number of rotatable bonds is 2. The van der Waals surface area contributed by atoms with Crippen molar-refractivity contribution in [3.8, 4) is 5.75 Å². The molecule has 0 heterocycles. The van der Waals surface area contributed by atoms with Gasteiger partial charge in [-0.3, -0.25) is 0 Å². The summed E-state index contributed by atoms with van der Waals surface area (Å²) in [6.07, 6.45) is 0. The van der Waals surface area contributed by atoms with Crippen molar-refractivity contribution in [2.75, 3.05) is 0 Å². The summed E-state index contributed by atoms with van der Waals surface area (Å²) < 4.78 is 15.6. The van der Waals surface area contributed by atoms with E-state index in [1.165, 1.54) is 6.07 Å². The first kappa shape index (κ1) is 9.93. The minimum absolute atomic E-state index is 0.198. The molecule has 1 aromatic carbocycles. The van der Waals surface area contributed by atoms with E-state index in [-0.39, 0.29) is 5.75 Å². The van der Waals surface area contributed by atoms with Crippen LogP contribution >= 0.6 is 35.8 Å². The van der Waals surface area contributed by atoms with Crippen molar-refractivity contribution in [3.05, 3.63) is 27.7 Å². The summed E-state index contributed by atoms with van der Waals surface area (Å²) in [5.74, 6) is 0.198. The number of halogens is 2. The zero-order valence-corrected chi connectivity index (χ0v) is 8.94. The monoisotopic (exact) mass is 269 g/mol. The first-order chi connectivity index (χ1) is 5.59. The van der Waals surface area contributed by atoms with E-state index >= 15 is 0 Å². The lowest BCUT2D eigenvalue weighted by Crippen LogP contribution is -1.80. The summed E-state index contributed by atoms with van der Waals surface area (Å²) in [7, 11) is -2.65. The van der Waals surface area contributed by atoms with Gasteiger partial charge in [0.2, 0.25) is 5.75 Å². The second-order valence-electron chi connectivity index (χ2n) is 1.90. The smallest absolute Gasteiger partial charge is 0.228 e. The Morgan fingerprint density at radius 2 is 2.25 bits per heavy atom. The van der Waals surface area contributed by atoms with E-state index < -0.39 is 8.25 Å². The zero-order valence-electron chi connectivity index (χ0n) is 5.70. The van der Waals surface area contributed by atoms with Gasteiger partial charge < -0.3 is 0 Å². The lowest BCUT2D eigenvalue weighted by atomic mass is 10.3. The molecule has 0 aliphatic rings. The third-order valence-electron chi connectivity index (χ3n) is 1.07. The van der Waals surface area contributed by atoms with Gasteiger partial charge in [0.05, 0.1) is 5.02 Å². The first-order valence-corrected chi connectivity index (χ1v) is 5.19. The lowest BCUT2D eigenvalue weighted by Gasteiger charge is -1.95. The highest BCUT2D eigenvalue weighted by molar-refractivity contribution is 9.10. The van der Waals surface area contributed by atoms with E-state index in [0.29, 0.717) is 5.02 Å². The highest BCUT2D eigenvalue weighted by Crippen LogP contribution is 2.32. The van der Waals surface area contributed by atoms with E-state index in [1.54, 1.807) is 12.1 Å². The highest BCUT2D eigenvalue weighted by atomic mass is 79.9. The molecule has 0 amide bonds. The molecule has 1 atom stereocenters. The quantitative estimate of drug-likeness (QED) is 0.840. The fraction of sp³-hybridized carbons (Fsp3) is 0. The standard InChI is InChI=1S/C6H3BrClO3P/c7-4-1-2-6(5(8)3-4)11-12(9)10/h1-3H/p+1. The molecule has 3 nitrogen and oxygen atoms in total. The summed E-state index contributed by atoms with van der Waals surface area (Å²) in [4.78, 5) is 8.42. The molecule has 1 N–H and O–H groups in total. The third kappa shape index (κ3) is 2.72. The van der Waals surface area contributed by atoms with Crippen LogP contribution < -0.4 is 4.52 Å². The molecule has 0 spiro atoms. The van der Waals surface area contributed by atoms with Crippen molar-refractivity contribution in [2.24, 2.45) is 0 Å². The maximum absolute atomic E-state index is 10.3. The molecule has 0 saturated heterocycles. The Balaban J connectivity index is 2.93. The minimum atomic E-state index is -2.65. The summed E-state index contributed by atoms with van der Waals surface area (Å²) in [6.45, 7) is 0. The molecule has 12 heavy (non-hydrogen) atoms. The highest BCUT2D eigenvalue weighted by Gasteiger charge is 2.16. The zero-order chi connectivity index (χ0) is 9.14. The molecule has 0 aromatic heterocycles. The molecule has 0 saturated carbocycles. The summed E-state index contributed by atoms with van der Waals surface area (Å²) in [5.41, 5.74) is 0. The topological polar surface area (TPSA) is 46.5 Å². The van der Waals surface area contributed by atoms with Gasteiger partial charge in [-0.1, -0.05) is 27.5 Å². The fourth-order valence-electron chi connectivity index (χ4n) is 0.633. The van der Waals surface area contributed by atoms with Crippen LogP contribution in [0.4, 0.5) is 0 Å². The lowest BCUT2D eigenvalue weighted by molar-refractivity contribution is 0.410. The van der Waals surface area contributed by atoms with Crippen LogP contribution in [0.25, 0.3) is 0 Å². The SMILES string of the molecule is O=[P+](O)Oc1ccc(Br)cc1Cl. The van der Waals surface area contributed by atoms with E-state index in [9.17, 15) is 4.57 Å². The van der Waals surface area contributed by atoms with Crippen LogP contribution in [0.1, 0.15) is 0 Å². The van der Waals surface area contributed by atoms with Crippen LogP contribution in [0.2, 0.25) is 5.02 Å². The normalized spacial score (nSPS) is 11.1. The van der Waals surface area contributed by atoms with Crippen molar-refractivity contribution in [1.29, 1.82) is 0 Å². The van der Waals surface area contributed by atoms with Crippen molar-refractivity contribution >= 4 is 35.8 Å². The molecule has 64 valence electrons. The second kappa shape index (κ2) is 4.19. The van der Waals surface area contributed by atoms with E-state index in [0.717, 1.165) is 4.47 Å². The van der Waals surface area contributed by atoms with Crippen molar-refractivity contribution in [2.45, 2.75) is 0 Å². The van der Waals surface area contributed by atoms with Gasteiger partial charge in [-0.2, -0.15) is 0 Å². The van der Waals surface area contributed by atoms with Crippen LogP contribution in [-0.2, 0) is 4.57 Å². The van der Waals surface area contributed by atoms with E-state index in [4.69, 9.17) is 16.5 Å². The van der Waals surface area contributed by atoms with E-state index in [1.807, 2.05) is 0 Å². The van der Waals surface area contributed by atoms with Crippen LogP contribution in [0.3, 0.4) is 0 Å². The molecule has 0 radical (unpaired) electrons. The Kier molecular flexibility index (Phi) is 3.47.